The second kappa shape index (κ2) is 7.58. The molecule has 22 heavy (non-hydrogen) atoms. The van der Waals surface area contributed by atoms with Crippen molar-refractivity contribution in [2.24, 2.45) is 0 Å². The molecule has 0 spiro atoms. The molecule has 1 aromatic carbocycles. The second-order valence-electron chi connectivity index (χ2n) is 4.79. The third-order valence-electron chi connectivity index (χ3n) is 3.31. The lowest BCUT2D eigenvalue weighted by atomic mass is 9.98. The van der Waals surface area contributed by atoms with Gasteiger partial charge < -0.3 is 9.64 Å². The van der Waals surface area contributed by atoms with Crippen LogP contribution in [0.1, 0.15) is 17.2 Å². The summed E-state index contributed by atoms with van der Waals surface area (Å²) in [6.07, 6.45) is 3.40. The molecule has 0 aliphatic rings. The highest BCUT2D eigenvalue weighted by Gasteiger charge is 2.25. The number of nitrogens with zero attached hydrogens (tertiary/aromatic N) is 2. The van der Waals surface area contributed by atoms with Gasteiger partial charge in [-0.05, 0) is 29.3 Å². The largest absolute Gasteiger partial charge is 0.375 e. The summed E-state index contributed by atoms with van der Waals surface area (Å²) < 4.78 is 4.94. The zero-order valence-corrected chi connectivity index (χ0v) is 13.8. The molecule has 1 aromatic heterocycles. The zero-order valence-electron chi connectivity index (χ0n) is 12.3. The molecule has 0 saturated heterocycles. The van der Waals surface area contributed by atoms with Gasteiger partial charge in [-0.15, -0.1) is 0 Å². The average molecular weight is 339 g/mol. The van der Waals surface area contributed by atoms with Crippen molar-refractivity contribution in [1.29, 1.82) is 0 Å². The lowest BCUT2D eigenvalue weighted by molar-refractivity contribution is -0.135. The Balaban J connectivity index is 2.48. The van der Waals surface area contributed by atoms with Gasteiger partial charge in [-0.2, -0.15) is 0 Å². The molecule has 0 fully saturated rings. The molecule has 0 bridgehead atoms. The number of likely N-dealkylation sites (N-methyl/N-ethyl adjacent to an activating group) is 1. The fraction of sp³-hybridized carbons (Fsp3) is 0.250. The van der Waals surface area contributed by atoms with Crippen LogP contribution in [-0.4, -0.2) is 36.6 Å². The Morgan fingerprint density at radius 3 is 2.73 bits per heavy atom. The average Bonchev–Trinajstić information content (AvgIpc) is 2.51. The summed E-state index contributed by atoms with van der Waals surface area (Å²) >= 11 is 12.3. The van der Waals surface area contributed by atoms with E-state index in [2.05, 4.69) is 4.98 Å². The van der Waals surface area contributed by atoms with Gasteiger partial charge in [0, 0.05) is 36.6 Å². The van der Waals surface area contributed by atoms with Crippen molar-refractivity contribution in [3.8, 4) is 0 Å². The highest BCUT2D eigenvalue weighted by atomic mass is 35.5. The summed E-state index contributed by atoms with van der Waals surface area (Å²) in [4.78, 5) is 17.9. The van der Waals surface area contributed by atoms with Gasteiger partial charge in [0.1, 0.15) is 6.61 Å². The van der Waals surface area contributed by atoms with E-state index in [1.54, 1.807) is 36.5 Å². The van der Waals surface area contributed by atoms with Gasteiger partial charge in [0.15, 0.2) is 0 Å². The van der Waals surface area contributed by atoms with Crippen LogP contribution in [0, 0.1) is 0 Å². The zero-order chi connectivity index (χ0) is 16.1. The molecule has 0 radical (unpaired) electrons. The highest BCUT2D eigenvalue weighted by Crippen LogP contribution is 2.33. The van der Waals surface area contributed by atoms with E-state index in [1.807, 2.05) is 18.2 Å². The molecular weight excluding hydrogens is 323 g/mol. The van der Waals surface area contributed by atoms with Gasteiger partial charge in [0.2, 0.25) is 5.91 Å². The maximum Gasteiger partial charge on any atom is 0.249 e. The first-order chi connectivity index (χ1) is 10.5. The Kier molecular flexibility index (Phi) is 5.77. The van der Waals surface area contributed by atoms with Crippen molar-refractivity contribution in [2.75, 3.05) is 20.8 Å². The third kappa shape index (κ3) is 3.77. The van der Waals surface area contributed by atoms with Crippen LogP contribution in [0.2, 0.25) is 10.0 Å². The Hall–Kier alpha value is -1.62. The van der Waals surface area contributed by atoms with Crippen molar-refractivity contribution in [2.45, 2.75) is 6.04 Å². The summed E-state index contributed by atoms with van der Waals surface area (Å²) in [7, 11) is 3.20. The van der Waals surface area contributed by atoms with Crippen LogP contribution >= 0.6 is 23.2 Å². The first kappa shape index (κ1) is 16.7. The molecule has 116 valence electrons. The van der Waals surface area contributed by atoms with E-state index in [1.165, 1.54) is 7.11 Å². The number of carbonyl (C=O) groups excluding carboxylic acids is 1. The fourth-order valence-corrected chi connectivity index (χ4v) is 2.75. The molecule has 0 aliphatic heterocycles. The minimum atomic E-state index is -0.360. The molecule has 0 saturated carbocycles. The van der Waals surface area contributed by atoms with E-state index in [0.717, 1.165) is 11.1 Å². The van der Waals surface area contributed by atoms with Crippen LogP contribution < -0.4 is 0 Å². The molecule has 6 heteroatoms. The van der Waals surface area contributed by atoms with Crippen LogP contribution in [0.25, 0.3) is 0 Å². The van der Waals surface area contributed by atoms with Crippen molar-refractivity contribution >= 4 is 29.1 Å². The first-order valence-corrected chi connectivity index (χ1v) is 7.39. The molecule has 2 aromatic rings. The van der Waals surface area contributed by atoms with E-state index in [9.17, 15) is 4.79 Å². The highest BCUT2D eigenvalue weighted by molar-refractivity contribution is 6.35. The fourth-order valence-electron chi connectivity index (χ4n) is 2.24. The van der Waals surface area contributed by atoms with Crippen molar-refractivity contribution in [3.63, 3.8) is 0 Å². The number of amides is 1. The summed E-state index contributed by atoms with van der Waals surface area (Å²) in [5.74, 6) is -0.151. The standard InChI is InChI=1S/C16H16Cl2N2O2/c1-20(15(21)10-22-2)16(11-4-3-7-19-9-11)13-6-5-12(17)8-14(13)18/h3-9,16H,10H2,1-2H3/t16-/m1/s1. The Morgan fingerprint density at radius 1 is 1.36 bits per heavy atom. The van der Waals surface area contributed by atoms with Gasteiger partial charge >= 0.3 is 0 Å². The number of hydrogen-bond acceptors (Lipinski definition) is 3. The number of hydrogen-bond donors (Lipinski definition) is 0. The predicted octanol–water partition coefficient (Wildman–Crippen LogP) is 3.58. The molecule has 2 rings (SSSR count). The van der Waals surface area contributed by atoms with Crippen LogP contribution in [0.5, 0.6) is 0 Å². The van der Waals surface area contributed by atoms with E-state index < -0.39 is 0 Å². The Bertz CT molecular complexity index is 650. The van der Waals surface area contributed by atoms with E-state index in [4.69, 9.17) is 27.9 Å². The number of halogens is 2. The Labute approximate surface area is 139 Å². The van der Waals surface area contributed by atoms with Crippen LogP contribution in [0.15, 0.2) is 42.7 Å². The third-order valence-corrected chi connectivity index (χ3v) is 3.87. The molecule has 4 nitrogen and oxygen atoms in total. The number of rotatable bonds is 5. The quantitative estimate of drug-likeness (QED) is 0.836. The van der Waals surface area contributed by atoms with Gasteiger partial charge in [-0.3, -0.25) is 9.78 Å². The summed E-state index contributed by atoms with van der Waals surface area (Å²) in [6, 6.07) is 8.59. The van der Waals surface area contributed by atoms with Gasteiger partial charge in [0.25, 0.3) is 0 Å². The molecule has 1 atom stereocenters. The van der Waals surface area contributed by atoms with E-state index >= 15 is 0 Å². The van der Waals surface area contributed by atoms with E-state index in [-0.39, 0.29) is 18.6 Å². The number of ether oxygens (including phenoxy) is 1. The van der Waals surface area contributed by atoms with E-state index in [0.29, 0.717) is 10.0 Å². The minimum Gasteiger partial charge on any atom is -0.375 e. The van der Waals surface area contributed by atoms with Crippen molar-refractivity contribution in [1.82, 2.24) is 9.88 Å². The van der Waals surface area contributed by atoms with Gasteiger partial charge in [-0.1, -0.05) is 35.3 Å². The maximum absolute atomic E-state index is 12.2. The first-order valence-electron chi connectivity index (χ1n) is 6.64. The van der Waals surface area contributed by atoms with Crippen LogP contribution in [0.3, 0.4) is 0 Å². The van der Waals surface area contributed by atoms with Gasteiger partial charge in [0.05, 0.1) is 6.04 Å². The lowest BCUT2D eigenvalue weighted by Crippen LogP contribution is -2.34. The summed E-state index contributed by atoms with van der Waals surface area (Å²) in [5.41, 5.74) is 1.64. The normalized spacial score (nSPS) is 12.0. The second-order valence-corrected chi connectivity index (χ2v) is 5.64. The summed E-state index contributed by atoms with van der Waals surface area (Å²) in [5, 5.41) is 1.04. The minimum absolute atomic E-state index is 0.00152. The Morgan fingerprint density at radius 2 is 2.14 bits per heavy atom. The SMILES string of the molecule is COCC(=O)N(C)[C@H](c1cccnc1)c1ccc(Cl)cc1Cl. The smallest absolute Gasteiger partial charge is 0.249 e. The number of pyridine rings is 1. The molecule has 0 unspecified atom stereocenters. The molecule has 1 amide bonds. The van der Waals surface area contributed by atoms with Gasteiger partial charge in [-0.25, -0.2) is 0 Å². The van der Waals surface area contributed by atoms with Crippen molar-refractivity contribution < 1.29 is 9.53 Å². The van der Waals surface area contributed by atoms with Crippen molar-refractivity contribution in [3.05, 3.63) is 63.9 Å². The molecule has 0 N–H and O–H groups in total. The number of benzene rings is 1. The number of carbonyl (C=O) groups is 1. The monoisotopic (exact) mass is 338 g/mol. The lowest BCUT2D eigenvalue weighted by Gasteiger charge is -2.29. The maximum atomic E-state index is 12.2. The predicted molar refractivity (Wildman–Crippen MR) is 87.2 cm³/mol. The van der Waals surface area contributed by atoms with Crippen LogP contribution in [0.4, 0.5) is 0 Å². The topological polar surface area (TPSA) is 42.4 Å². The summed E-state index contributed by atoms with van der Waals surface area (Å²) in [6.45, 7) is -0.00152. The number of methoxy groups -OCH3 is 1. The number of aromatic nitrogens is 1. The molecular formula is C16H16Cl2N2O2. The molecule has 1 heterocycles. The molecule has 0 aliphatic carbocycles. The van der Waals surface area contributed by atoms with Crippen LogP contribution in [-0.2, 0) is 9.53 Å².